The molecule has 0 aromatic heterocycles. The minimum atomic E-state index is -1.09. The fourth-order valence-corrected chi connectivity index (χ4v) is 4.07. The van der Waals surface area contributed by atoms with E-state index in [2.05, 4.69) is 5.32 Å². The van der Waals surface area contributed by atoms with Crippen LogP contribution in [0.2, 0.25) is 0 Å². The fourth-order valence-electron chi connectivity index (χ4n) is 2.69. The van der Waals surface area contributed by atoms with Crippen molar-refractivity contribution in [2.45, 2.75) is 17.1 Å². The van der Waals surface area contributed by atoms with Gasteiger partial charge in [-0.3, -0.25) is 10.1 Å². The predicted octanol–water partition coefficient (Wildman–Crippen LogP) is 4.21. The standard InChI is InChI=1S/C17H14N2O4S/c1-10-15(17(20)21)16(11-6-2-4-8-13(11)19(22)23)24-14-9-5-3-7-12(14)18-10/h2-9,16,18H,1H3,(H,20,21). The van der Waals surface area contributed by atoms with Crippen molar-refractivity contribution in [3.63, 3.8) is 0 Å². The van der Waals surface area contributed by atoms with Crippen LogP contribution in [0.25, 0.3) is 0 Å². The first-order valence-electron chi connectivity index (χ1n) is 7.19. The molecule has 0 radical (unpaired) electrons. The van der Waals surface area contributed by atoms with Gasteiger partial charge in [0.15, 0.2) is 0 Å². The smallest absolute Gasteiger partial charge is 0.334 e. The number of allylic oxidation sites excluding steroid dienone is 1. The molecule has 7 heteroatoms. The molecule has 0 spiro atoms. The zero-order valence-corrected chi connectivity index (χ0v) is 13.5. The summed E-state index contributed by atoms with van der Waals surface area (Å²) < 4.78 is 0. The Kier molecular flexibility index (Phi) is 4.26. The number of anilines is 1. The molecule has 24 heavy (non-hydrogen) atoms. The molecule has 1 heterocycles. The third kappa shape index (κ3) is 2.85. The maximum atomic E-state index is 11.9. The summed E-state index contributed by atoms with van der Waals surface area (Å²) in [7, 11) is 0. The van der Waals surface area contributed by atoms with Gasteiger partial charge in [-0.05, 0) is 19.1 Å². The quantitative estimate of drug-likeness (QED) is 0.641. The Hall–Kier alpha value is -2.80. The number of carboxylic acids is 1. The molecule has 0 aliphatic carbocycles. The molecule has 2 aromatic carbocycles. The molecule has 0 amide bonds. The molecule has 0 saturated carbocycles. The van der Waals surface area contributed by atoms with Gasteiger partial charge >= 0.3 is 5.97 Å². The monoisotopic (exact) mass is 342 g/mol. The summed E-state index contributed by atoms with van der Waals surface area (Å²) >= 11 is 1.30. The maximum Gasteiger partial charge on any atom is 0.334 e. The second kappa shape index (κ2) is 6.37. The summed E-state index contributed by atoms with van der Waals surface area (Å²) in [6.45, 7) is 1.67. The number of fused-ring (bicyclic) bond motifs is 1. The first-order valence-corrected chi connectivity index (χ1v) is 8.07. The molecule has 1 atom stereocenters. The molecule has 1 aliphatic heterocycles. The molecule has 3 rings (SSSR count). The summed E-state index contributed by atoms with van der Waals surface area (Å²) in [6, 6.07) is 13.7. The molecular weight excluding hydrogens is 328 g/mol. The molecule has 122 valence electrons. The van der Waals surface area contributed by atoms with Crippen LogP contribution in [-0.2, 0) is 4.79 Å². The average Bonchev–Trinajstić information content (AvgIpc) is 2.70. The summed E-state index contributed by atoms with van der Waals surface area (Å²) in [4.78, 5) is 23.6. The lowest BCUT2D eigenvalue weighted by atomic mass is 10.0. The maximum absolute atomic E-state index is 11.9. The highest BCUT2D eigenvalue weighted by Crippen LogP contribution is 2.49. The molecule has 6 nitrogen and oxygen atoms in total. The minimum Gasteiger partial charge on any atom is -0.478 e. The number of nitrogens with one attached hydrogen (secondary N) is 1. The van der Waals surface area contributed by atoms with Crippen LogP contribution in [0.15, 0.2) is 64.7 Å². The van der Waals surface area contributed by atoms with E-state index in [0.717, 1.165) is 10.6 Å². The van der Waals surface area contributed by atoms with Gasteiger partial charge in [0.2, 0.25) is 0 Å². The van der Waals surface area contributed by atoms with Crippen molar-refractivity contribution < 1.29 is 14.8 Å². The number of nitro benzene ring substituents is 1. The van der Waals surface area contributed by atoms with Crippen LogP contribution in [0.3, 0.4) is 0 Å². The van der Waals surface area contributed by atoms with Crippen LogP contribution in [0.1, 0.15) is 17.7 Å². The van der Waals surface area contributed by atoms with E-state index in [0.29, 0.717) is 11.3 Å². The van der Waals surface area contributed by atoms with Crippen molar-refractivity contribution in [3.05, 3.63) is 75.5 Å². The van der Waals surface area contributed by atoms with Crippen LogP contribution in [0.5, 0.6) is 0 Å². The van der Waals surface area contributed by atoms with Crippen molar-refractivity contribution in [1.82, 2.24) is 0 Å². The van der Waals surface area contributed by atoms with E-state index in [4.69, 9.17) is 0 Å². The Balaban J connectivity index is 2.22. The van der Waals surface area contributed by atoms with Crippen LogP contribution >= 0.6 is 11.8 Å². The Morgan fingerprint density at radius 2 is 1.88 bits per heavy atom. The second-order valence-corrected chi connectivity index (χ2v) is 6.43. The fraction of sp³-hybridized carbons (Fsp3) is 0.118. The van der Waals surface area contributed by atoms with Gasteiger partial charge in [-0.2, -0.15) is 0 Å². The largest absolute Gasteiger partial charge is 0.478 e. The number of aliphatic carboxylic acids is 1. The number of hydrogen-bond donors (Lipinski definition) is 2. The number of rotatable bonds is 3. The van der Waals surface area contributed by atoms with E-state index in [1.165, 1.54) is 17.8 Å². The van der Waals surface area contributed by atoms with E-state index in [1.54, 1.807) is 25.1 Å². The van der Waals surface area contributed by atoms with Gasteiger partial charge in [0.25, 0.3) is 5.69 Å². The van der Waals surface area contributed by atoms with Gasteiger partial charge in [0, 0.05) is 22.2 Å². The molecule has 0 bridgehead atoms. The second-order valence-electron chi connectivity index (χ2n) is 5.28. The van der Waals surface area contributed by atoms with E-state index in [1.807, 2.05) is 24.3 Å². The third-order valence-corrected chi connectivity index (χ3v) is 5.10. The Morgan fingerprint density at radius 1 is 1.21 bits per heavy atom. The predicted molar refractivity (Wildman–Crippen MR) is 92.1 cm³/mol. The number of benzene rings is 2. The van der Waals surface area contributed by atoms with E-state index in [-0.39, 0.29) is 11.3 Å². The van der Waals surface area contributed by atoms with Gasteiger partial charge in [0.1, 0.15) is 0 Å². The van der Waals surface area contributed by atoms with Gasteiger partial charge < -0.3 is 10.4 Å². The first-order chi connectivity index (χ1) is 11.5. The summed E-state index contributed by atoms with van der Waals surface area (Å²) in [5, 5.41) is 23.5. The lowest BCUT2D eigenvalue weighted by Crippen LogP contribution is -2.13. The highest BCUT2D eigenvalue weighted by molar-refractivity contribution is 8.00. The number of carbonyl (C=O) groups is 1. The van der Waals surface area contributed by atoms with Crippen molar-refractivity contribution in [2.75, 3.05) is 5.32 Å². The zero-order chi connectivity index (χ0) is 17.3. The highest BCUT2D eigenvalue weighted by atomic mass is 32.2. The molecule has 1 aliphatic rings. The van der Waals surface area contributed by atoms with Crippen molar-refractivity contribution >= 4 is 29.1 Å². The topological polar surface area (TPSA) is 92.5 Å². The molecule has 0 saturated heterocycles. The van der Waals surface area contributed by atoms with Crippen LogP contribution in [0, 0.1) is 10.1 Å². The molecule has 2 aromatic rings. The molecule has 1 unspecified atom stereocenters. The first kappa shape index (κ1) is 16.1. The third-order valence-electron chi connectivity index (χ3n) is 3.77. The number of nitrogens with zero attached hydrogens (tertiary/aromatic N) is 1. The Bertz CT molecular complexity index is 863. The Labute approximate surface area is 142 Å². The van der Waals surface area contributed by atoms with Crippen molar-refractivity contribution in [2.24, 2.45) is 0 Å². The number of thioether (sulfide) groups is 1. The van der Waals surface area contributed by atoms with E-state index in [9.17, 15) is 20.0 Å². The minimum absolute atomic E-state index is 0.0825. The normalized spacial score (nSPS) is 16.8. The van der Waals surface area contributed by atoms with Gasteiger partial charge in [-0.1, -0.05) is 30.3 Å². The van der Waals surface area contributed by atoms with Crippen molar-refractivity contribution in [1.29, 1.82) is 0 Å². The lowest BCUT2D eigenvalue weighted by Gasteiger charge is -2.17. The zero-order valence-electron chi connectivity index (χ0n) is 12.7. The summed E-state index contributed by atoms with van der Waals surface area (Å²) in [5.41, 5.74) is 1.68. The molecular formula is C17H14N2O4S. The van der Waals surface area contributed by atoms with Crippen LogP contribution < -0.4 is 5.32 Å². The van der Waals surface area contributed by atoms with Crippen molar-refractivity contribution in [3.8, 4) is 0 Å². The van der Waals surface area contributed by atoms with Gasteiger partial charge in [0.05, 0.1) is 21.4 Å². The van der Waals surface area contributed by atoms with E-state index >= 15 is 0 Å². The molecule has 2 N–H and O–H groups in total. The van der Waals surface area contributed by atoms with E-state index < -0.39 is 16.1 Å². The van der Waals surface area contributed by atoms with Gasteiger partial charge in [-0.15, -0.1) is 11.8 Å². The van der Waals surface area contributed by atoms with Crippen LogP contribution in [-0.4, -0.2) is 16.0 Å². The Morgan fingerprint density at radius 3 is 2.58 bits per heavy atom. The molecule has 0 fully saturated rings. The lowest BCUT2D eigenvalue weighted by molar-refractivity contribution is -0.385. The average molecular weight is 342 g/mol. The highest BCUT2D eigenvalue weighted by Gasteiger charge is 2.33. The SMILES string of the molecule is CC1=C(C(=O)O)C(c2ccccc2[N+](=O)[O-])Sc2ccccc2N1. The number of para-hydroxylation sites is 2. The van der Waals surface area contributed by atoms with Crippen LogP contribution in [0.4, 0.5) is 11.4 Å². The number of nitro groups is 1. The number of hydrogen-bond acceptors (Lipinski definition) is 5. The summed E-state index contributed by atoms with van der Waals surface area (Å²) in [6.07, 6.45) is 0. The number of carboxylic acid groups (broad SMARTS) is 1. The van der Waals surface area contributed by atoms with Gasteiger partial charge in [-0.25, -0.2) is 4.79 Å². The summed E-state index contributed by atoms with van der Waals surface area (Å²) in [5.74, 6) is -1.09.